The van der Waals surface area contributed by atoms with Gasteiger partial charge in [0.25, 0.3) is 0 Å². The number of carbonyl (C=O) groups is 1. The highest BCUT2D eigenvalue weighted by molar-refractivity contribution is 5.79. The average molecular weight is 409 g/mol. The molecule has 1 heterocycles. The van der Waals surface area contributed by atoms with Gasteiger partial charge in [0.1, 0.15) is 5.92 Å². The van der Waals surface area contributed by atoms with Crippen molar-refractivity contribution in [3.63, 3.8) is 0 Å². The van der Waals surface area contributed by atoms with Crippen molar-refractivity contribution in [1.29, 1.82) is 5.26 Å². The minimum absolute atomic E-state index is 0.170. The molecule has 2 N–H and O–H groups in total. The number of fused-ring (bicyclic) bond motifs is 1. The molecule has 0 bridgehead atoms. The van der Waals surface area contributed by atoms with Crippen molar-refractivity contribution in [3.8, 4) is 6.07 Å². The van der Waals surface area contributed by atoms with Gasteiger partial charge < -0.3 is 10.6 Å². The van der Waals surface area contributed by atoms with Gasteiger partial charge in [0.2, 0.25) is 5.91 Å². The fraction of sp³-hybridized carbons (Fsp3) is 0.680. The van der Waals surface area contributed by atoms with E-state index in [0.717, 1.165) is 57.8 Å². The number of nitrogens with two attached hydrogens (primary N) is 1. The van der Waals surface area contributed by atoms with Gasteiger partial charge in [0.15, 0.2) is 0 Å². The summed E-state index contributed by atoms with van der Waals surface area (Å²) in [7, 11) is 0. The van der Waals surface area contributed by atoms with Gasteiger partial charge in [0, 0.05) is 31.9 Å². The molecule has 3 aliphatic rings. The molecule has 1 saturated heterocycles. The topological polar surface area (TPSA) is 73.4 Å². The summed E-state index contributed by atoms with van der Waals surface area (Å²) < 4.78 is 0. The third kappa shape index (κ3) is 4.81. The third-order valence-corrected chi connectivity index (χ3v) is 7.75. The van der Waals surface area contributed by atoms with Gasteiger partial charge in [0.05, 0.1) is 6.07 Å². The Morgan fingerprint density at radius 2 is 1.83 bits per heavy atom. The normalized spacial score (nSPS) is 25.9. The highest BCUT2D eigenvalue weighted by Gasteiger charge is 2.31. The van der Waals surface area contributed by atoms with E-state index in [9.17, 15) is 10.1 Å². The van der Waals surface area contributed by atoms with Crippen LogP contribution in [0.2, 0.25) is 0 Å². The lowest BCUT2D eigenvalue weighted by molar-refractivity contribution is -0.122. The fourth-order valence-electron chi connectivity index (χ4n) is 5.85. The monoisotopic (exact) mass is 408 g/mol. The molecule has 1 atom stereocenters. The molecule has 30 heavy (non-hydrogen) atoms. The van der Waals surface area contributed by atoms with E-state index in [1.54, 1.807) is 11.1 Å². The zero-order chi connectivity index (χ0) is 20.9. The number of primary amides is 1. The van der Waals surface area contributed by atoms with E-state index in [1.165, 1.54) is 44.3 Å². The van der Waals surface area contributed by atoms with Crippen molar-refractivity contribution in [3.05, 3.63) is 29.3 Å². The number of hydrogen-bond donors (Lipinski definition) is 1. The van der Waals surface area contributed by atoms with Crippen LogP contribution in [0, 0.1) is 29.1 Å². The van der Waals surface area contributed by atoms with Crippen LogP contribution in [0.25, 0.3) is 0 Å². The molecular weight excluding hydrogens is 372 g/mol. The first-order chi connectivity index (χ1) is 14.7. The van der Waals surface area contributed by atoms with Gasteiger partial charge in [-0.15, -0.1) is 0 Å². The molecule has 1 aromatic rings. The second kappa shape index (κ2) is 9.83. The molecule has 0 spiro atoms. The number of rotatable bonds is 6. The van der Waals surface area contributed by atoms with E-state index in [1.807, 2.05) is 0 Å². The standard InChI is InChI=1S/C25H36N4O/c26-18-23(25(27)30)21-10-8-19(9-11-21)12-13-28-14-16-29(17-15-28)24-7-3-5-20-4-1-2-6-22(20)24/h3,5,7,19,21,23H,1-2,4,6,8-17H2,(H2,27,30). The molecule has 1 unspecified atom stereocenters. The third-order valence-electron chi connectivity index (χ3n) is 7.75. The Hall–Kier alpha value is -2.06. The summed E-state index contributed by atoms with van der Waals surface area (Å²) in [5.41, 5.74) is 10.1. The number of nitrogens with zero attached hydrogens (tertiary/aromatic N) is 3. The second-order valence-corrected chi connectivity index (χ2v) is 9.53. The summed E-state index contributed by atoms with van der Waals surface area (Å²) >= 11 is 0. The Kier molecular flexibility index (Phi) is 6.94. The van der Waals surface area contributed by atoms with Crippen LogP contribution in [0.5, 0.6) is 0 Å². The predicted octanol–water partition coefficient (Wildman–Crippen LogP) is 3.51. The molecule has 5 heteroatoms. The van der Waals surface area contributed by atoms with Gasteiger partial charge in [-0.05, 0) is 80.5 Å². The molecule has 1 amide bonds. The molecule has 0 radical (unpaired) electrons. The Labute approximate surface area is 181 Å². The maximum atomic E-state index is 11.4. The van der Waals surface area contributed by atoms with Crippen molar-refractivity contribution in [1.82, 2.24) is 4.90 Å². The summed E-state index contributed by atoms with van der Waals surface area (Å²) in [6, 6.07) is 9.02. The average Bonchev–Trinajstić information content (AvgIpc) is 2.79. The van der Waals surface area contributed by atoms with Crippen LogP contribution in [0.1, 0.15) is 56.1 Å². The van der Waals surface area contributed by atoms with Crippen LogP contribution in [0.15, 0.2) is 18.2 Å². The second-order valence-electron chi connectivity index (χ2n) is 9.53. The minimum Gasteiger partial charge on any atom is -0.369 e. The van der Waals surface area contributed by atoms with E-state index in [-0.39, 0.29) is 5.92 Å². The van der Waals surface area contributed by atoms with Crippen molar-refractivity contribution in [2.45, 2.75) is 57.8 Å². The number of aryl methyl sites for hydroxylation is 1. The molecule has 1 aliphatic heterocycles. The number of anilines is 1. The van der Waals surface area contributed by atoms with Crippen LogP contribution in [-0.4, -0.2) is 43.5 Å². The van der Waals surface area contributed by atoms with Crippen LogP contribution in [0.3, 0.4) is 0 Å². The molecule has 162 valence electrons. The minimum atomic E-state index is -0.595. The van der Waals surface area contributed by atoms with Crippen LogP contribution >= 0.6 is 0 Å². The summed E-state index contributed by atoms with van der Waals surface area (Å²) in [6.07, 6.45) is 10.6. The summed E-state index contributed by atoms with van der Waals surface area (Å²) in [5.74, 6) is -0.141. The quantitative estimate of drug-likeness (QED) is 0.782. The molecular formula is C25H36N4O. The van der Waals surface area contributed by atoms with Crippen molar-refractivity contribution >= 4 is 11.6 Å². The Bertz CT molecular complexity index is 770. The zero-order valence-corrected chi connectivity index (χ0v) is 18.2. The van der Waals surface area contributed by atoms with Crippen molar-refractivity contribution in [2.24, 2.45) is 23.5 Å². The predicted molar refractivity (Wildman–Crippen MR) is 120 cm³/mol. The molecule has 4 rings (SSSR count). The van der Waals surface area contributed by atoms with Gasteiger partial charge in [-0.2, -0.15) is 5.26 Å². The number of piperazine rings is 1. The van der Waals surface area contributed by atoms with Crippen molar-refractivity contribution < 1.29 is 4.79 Å². The van der Waals surface area contributed by atoms with Crippen molar-refractivity contribution in [2.75, 3.05) is 37.6 Å². The lowest BCUT2D eigenvalue weighted by Gasteiger charge is -2.38. The highest BCUT2D eigenvalue weighted by atomic mass is 16.1. The molecule has 1 saturated carbocycles. The van der Waals surface area contributed by atoms with E-state index >= 15 is 0 Å². The molecule has 2 fully saturated rings. The Balaban J connectivity index is 1.21. The summed E-state index contributed by atoms with van der Waals surface area (Å²) in [5, 5.41) is 9.20. The maximum Gasteiger partial charge on any atom is 0.235 e. The number of carbonyl (C=O) groups excluding carboxylic acids is 1. The van der Waals surface area contributed by atoms with E-state index in [2.05, 4.69) is 34.1 Å². The number of benzene rings is 1. The smallest absolute Gasteiger partial charge is 0.235 e. The van der Waals surface area contributed by atoms with E-state index in [4.69, 9.17) is 5.73 Å². The van der Waals surface area contributed by atoms with E-state index < -0.39 is 11.8 Å². The Morgan fingerprint density at radius 3 is 2.53 bits per heavy atom. The molecule has 5 nitrogen and oxygen atoms in total. The SMILES string of the molecule is N#CC(C(N)=O)C1CCC(CCN2CCN(c3cccc4c3CCCC4)CC2)CC1. The molecule has 0 aromatic heterocycles. The number of nitriles is 1. The first-order valence-corrected chi connectivity index (χ1v) is 11.9. The summed E-state index contributed by atoms with van der Waals surface area (Å²) in [4.78, 5) is 16.7. The fourth-order valence-corrected chi connectivity index (χ4v) is 5.85. The number of amides is 1. The largest absolute Gasteiger partial charge is 0.369 e. The van der Waals surface area contributed by atoms with Gasteiger partial charge in [-0.25, -0.2) is 0 Å². The lowest BCUT2D eigenvalue weighted by Crippen LogP contribution is -2.47. The maximum absolute atomic E-state index is 11.4. The van der Waals surface area contributed by atoms with Crippen LogP contribution in [0.4, 0.5) is 5.69 Å². The van der Waals surface area contributed by atoms with Crippen LogP contribution < -0.4 is 10.6 Å². The molecule has 2 aliphatic carbocycles. The summed E-state index contributed by atoms with van der Waals surface area (Å²) in [6.45, 7) is 5.74. The van der Waals surface area contributed by atoms with Gasteiger partial charge >= 0.3 is 0 Å². The number of hydrogen-bond acceptors (Lipinski definition) is 4. The first kappa shape index (κ1) is 21.2. The first-order valence-electron chi connectivity index (χ1n) is 11.9. The Morgan fingerprint density at radius 1 is 1.10 bits per heavy atom. The lowest BCUT2D eigenvalue weighted by atomic mass is 9.75. The van der Waals surface area contributed by atoms with Gasteiger partial charge in [-0.1, -0.05) is 25.0 Å². The zero-order valence-electron chi connectivity index (χ0n) is 18.2. The highest BCUT2D eigenvalue weighted by Crippen LogP contribution is 2.35. The van der Waals surface area contributed by atoms with E-state index in [0.29, 0.717) is 0 Å². The molecule has 1 aromatic carbocycles. The van der Waals surface area contributed by atoms with Crippen LogP contribution in [-0.2, 0) is 17.6 Å². The van der Waals surface area contributed by atoms with Gasteiger partial charge in [-0.3, -0.25) is 9.69 Å².